The summed E-state index contributed by atoms with van der Waals surface area (Å²) in [6, 6.07) is 10.0. The molecule has 0 aliphatic carbocycles. The number of benzene rings is 2. The van der Waals surface area contributed by atoms with Crippen LogP contribution in [-0.4, -0.2) is 20.6 Å². The second kappa shape index (κ2) is 8.40. The van der Waals surface area contributed by atoms with Gasteiger partial charge in [0.25, 0.3) is 5.56 Å². The van der Waals surface area contributed by atoms with Crippen LogP contribution >= 0.6 is 0 Å². The van der Waals surface area contributed by atoms with E-state index in [-0.39, 0.29) is 12.2 Å². The Hall–Kier alpha value is -3.62. The van der Waals surface area contributed by atoms with Crippen molar-refractivity contribution in [3.63, 3.8) is 0 Å². The predicted molar refractivity (Wildman–Crippen MR) is 105 cm³/mol. The van der Waals surface area contributed by atoms with E-state index in [1.807, 2.05) is 0 Å². The topological polar surface area (TPSA) is 84.2 Å². The summed E-state index contributed by atoms with van der Waals surface area (Å²) in [6.45, 7) is 1.50. The summed E-state index contributed by atoms with van der Waals surface area (Å²) in [4.78, 5) is 27.5. The van der Waals surface area contributed by atoms with E-state index < -0.39 is 23.3 Å². The van der Waals surface area contributed by atoms with Gasteiger partial charge in [0.05, 0.1) is 11.3 Å². The molecule has 0 fully saturated rings. The highest BCUT2D eigenvalue weighted by atomic mass is 19.4. The third-order valence-corrected chi connectivity index (χ3v) is 4.47. The number of nitrogens with zero attached hydrogens (tertiary/aromatic N) is 2. The Morgan fingerprint density at radius 3 is 2.47 bits per heavy atom. The number of rotatable bonds is 6. The van der Waals surface area contributed by atoms with Crippen molar-refractivity contribution in [3.8, 4) is 5.69 Å². The quantitative estimate of drug-likeness (QED) is 0.624. The van der Waals surface area contributed by atoms with Gasteiger partial charge in [-0.25, -0.2) is 4.98 Å². The average molecular weight is 417 g/mol. The van der Waals surface area contributed by atoms with Crippen LogP contribution in [0, 0.1) is 6.92 Å². The van der Waals surface area contributed by atoms with Crippen LogP contribution in [0.5, 0.6) is 0 Å². The van der Waals surface area contributed by atoms with Crippen LogP contribution in [-0.2, 0) is 17.4 Å². The molecule has 156 valence electrons. The number of carboxylic acid groups (broad SMARTS) is 1. The molecule has 0 spiro atoms. The molecule has 1 heterocycles. The minimum Gasteiger partial charge on any atom is -0.481 e. The van der Waals surface area contributed by atoms with Crippen molar-refractivity contribution in [2.24, 2.45) is 0 Å². The fourth-order valence-electron chi connectivity index (χ4n) is 2.93. The molecule has 2 N–H and O–H groups in total. The molecular formula is C21H18F3N3O3. The summed E-state index contributed by atoms with van der Waals surface area (Å²) in [5.74, 6) is -0.875. The van der Waals surface area contributed by atoms with Crippen LogP contribution in [0.2, 0.25) is 0 Å². The van der Waals surface area contributed by atoms with Crippen molar-refractivity contribution >= 4 is 17.5 Å². The summed E-state index contributed by atoms with van der Waals surface area (Å²) >= 11 is 0. The van der Waals surface area contributed by atoms with Gasteiger partial charge in [0, 0.05) is 24.5 Å². The van der Waals surface area contributed by atoms with Gasteiger partial charge in [-0.05, 0) is 54.8 Å². The number of aromatic nitrogens is 2. The van der Waals surface area contributed by atoms with E-state index in [9.17, 15) is 22.8 Å². The minimum absolute atomic E-state index is 0.00934. The van der Waals surface area contributed by atoms with Crippen LogP contribution in [0.4, 0.5) is 24.7 Å². The first kappa shape index (κ1) is 21.1. The lowest BCUT2D eigenvalue weighted by Gasteiger charge is -2.14. The van der Waals surface area contributed by atoms with Crippen LogP contribution in [0.15, 0.2) is 59.7 Å². The molecule has 6 nitrogen and oxygen atoms in total. The van der Waals surface area contributed by atoms with Gasteiger partial charge in [-0.3, -0.25) is 14.2 Å². The van der Waals surface area contributed by atoms with Gasteiger partial charge < -0.3 is 10.4 Å². The number of halogens is 3. The standard InChI is InChI=1S/C21H18F3N3O3/c1-13-12-15(21(22,23)24)5-8-17(13)27-11-10-25-19(20(27)30)26-16-6-2-14(3-7-16)4-9-18(28)29/h2-3,5-8,10-12H,4,9H2,1H3,(H,25,26)(H,28,29). The molecule has 0 saturated heterocycles. The molecule has 1 aromatic heterocycles. The molecule has 0 atom stereocenters. The van der Waals surface area contributed by atoms with Crippen LogP contribution < -0.4 is 10.9 Å². The van der Waals surface area contributed by atoms with Gasteiger partial charge >= 0.3 is 12.1 Å². The molecule has 0 radical (unpaired) electrons. The van der Waals surface area contributed by atoms with Crippen molar-refractivity contribution in [1.29, 1.82) is 0 Å². The van der Waals surface area contributed by atoms with Crippen molar-refractivity contribution in [3.05, 3.63) is 81.9 Å². The number of alkyl halides is 3. The number of carbonyl (C=O) groups is 1. The van der Waals surface area contributed by atoms with E-state index in [0.717, 1.165) is 17.7 Å². The summed E-state index contributed by atoms with van der Waals surface area (Å²) in [5, 5.41) is 11.6. The molecular weight excluding hydrogens is 399 g/mol. The highest BCUT2D eigenvalue weighted by Gasteiger charge is 2.30. The Kier molecular flexibility index (Phi) is 5.91. The van der Waals surface area contributed by atoms with Gasteiger partial charge in [-0.2, -0.15) is 13.2 Å². The van der Waals surface area contributed by atoms with E-state index in [0.29, 0.717) is 23.4 Å². The predicted octanol–water partition coefficient (Wildman–Crippen LogP) is 4.32. The zero-order valence-corrected chi connectivity index (χ0v) is 15.9. The normalized spacial score (nSPS) is 11.3. The van der Waals surface area contributed by atoms with Gasteiger partial charge in [0.2, 0.25) is 0 Å². The lowest BCUT2D eigenvalue weighted by molar-refractivity contribution is -0.138. The molecule has 0 saturated carbocycles. The van der Waals surface area contributed by atoms with Crippen LogP contribution in [0.1, 0.15) is 23.1 Å². The molecule has 0 bridgehead atoms. The Balaban J connectivity index is 1.85. The molecule has 3 aromatic rings. The summed E-state index contributed by atoms with van der Waals surface area (Å²) < 4.78 is 39.9. The zero-order valence-electron chi connectivity index (χ0n) is 15.9. The number of anilines is 2. The van der Waals surface area contributed by atoms with E-state index in [2.05, 4.69) is 10.3 Å². The number of hydrogen-bond donors (Lipinski definition) is 2. The Labute approximate surface area is 169 Å². The van der Waals surface area contributed by atoms with E-state index in [1.54, 1.807) is 24.3 Å². The lowest BCUT2D eigenvalue weighted by Crippen LogP contribution is -2.22. The first-order chi connectivity index (χ1) is 14.1. The van der Waals surface area contributed by atoms with Crippen LogP contribution in [0.3, 0.4) is 0 Å². The summed E-state index contributed by atoms with van der Waals surface area (Å²) in [6.07, 6.45) is -1.29. The van der Waals surface area contributed by atoms with Gasteiger partial charge in [0.15, 0.2) is 5.82 Å². The second-order valence-electron chi connectivity index (χ2n) is 6.67. The van der Waals surface area contributed by atoms with Crippen molar-refractivity contribution < 1.29 is 23.1 Å². The van der Waals surface area contributed by atoms with Gasteiger partial charge in [0.1, 0.15) is 0 Å². The molecule has 0 aliphatic rings. The van der Waals surface area contributed by atoms with Crippen LogP contribution in [0.25, 0.3) is 5.69 Å². The summed E-state index contributed by atoms with van der Waals surface area (Å²) in [7, 11) is 0. The second-order valence-corrected chi connectivity index (χ2v) is 6.67. The monoisotopic (exact) mass is 417 g/mol. The maximum absolute atomic E-state index is 12.9. The zero-order chi connectivity index (χ0) is 21.9. The number of aliphatic carboxylic acids is 1. The minimum atomic E-state index is -4.46. The Bertz CT molecular complexity index is 1120. The maximum Gasteiger partial charge on any atom is 0.416 e. The number of aryl methyl sites for hydroxylation is 2. The fraction of sp³-hybridized carbons (Fsp3) is 0.190. The Morgan fingerprint density at radius 1 is 1.17 bits per heavy atom. The number of hydrogen-bond acceptors (Lipinski definition) is 4. The molecule has 3 rings (SSSR count). The van der Waals surface area contributed by atoms with Gasteiger partial charge in [-0.1, -0.05) is 12.1 Å². The first-order valence-corrected chi connectivity index (χ1v) is 8.99. The van der Waals surface area contributed by atoms with E-state index in [4.69, 9.17) is 5.11 Å². The van der Waals surface area contributed by atoms with E-state index in [1.165, 1.54) is 30.0 Å². The Morgan fingerprint density at radius 2 is 1.87 bits per heavy atom. The average Bonchev–Trinajstić information content (AvgIpc) is 2.68. The lowest BCUT2D eigenvalue weighted by atomic mass is 10.1. The van der Waals surface area contributed by atoms with Gasteiger partial charge in [-0.15, -0.1) is 0 Å². The van der Waals surface area contributed by atoms with E-state index >= 15 is 0 Å². The molecule has 0 amide bonds. The molecule has 9 heteroatoms. The SMILES string of the molecule is Cc1cc(C(F)(F)F)ccc1-n1ccnc(Nc2ccc(CCC(=O)O)cc2)c1=O. The number of carboxylic acids is 1. The molecule has 30 heavy (non-hydrogen) atoms. The molecule has 2 aromatic carbocycles. The highest BCUT2D eigenvalue weighted by molar-refractivity contribution is 5.67. The smallest absolute Gasteiger partial charge is 0.416 e. The highest BCUT2D eigenvalue weighted by Crippen LogP contribution is 2.31. The third-order valence-electron chi connectivity index (χ3n) is 4.47. The largest absolute Gasteiger partial charge is 0.481 e. The third kappa shape index (κ3) is 4.86. The number of nitrogens with one attached hydrogen (secondary N) is 1. The molecule has 0 unspecified atom stereocenters. The first-order valence-electron chi connectivity index (χ1n) is 8.99. The maximum atomic E-state index is 12.9. The summed E-state index contributed by atoms with van der Waals surface area (Å²) in [5.41, 5.74) is 0.721. The molecule has 0 aliphatic heterocycles. The van der Waals surface area contributed by atoms with Crippen molar-refractivity contribution in [2.45, 2.75) is 25.9 Å². The van der Waals surface area contributed by atoms with Crippen molar-refractivity contribution in [1.82, 2.24) is 9.55 Å². The fourth-order valence-corrected chi connectivity index (χ4v) is 2.93. The van der Waals surface area contributed by atoms with Crippen molar-refractivity contribution in [2.75, 3.05) is 5.32 Å².